The zero-order valence-electron chi connectivity index (χ0n) is 12.8. The van der Waals surface area contributed by atoms with E-state index in [9.17, 15) is 9.59 Å². The highest BCUT2D eigenvalue weighted by Gasteiger charge is 2.35. The van der Waals surface area contributed by atoms with Crippen LogP contribution in [0.4, 0.5) is 0 Å². The maximum absolute atomic E-state index is 12.3. The van der Waals surface area contributed by atoms with Crippen molar-refractivity contribution >= 4 is 11.8 Å². The predicted octanol–water partition coefficient (Wildman–Crippen LogP) is 0.890. The summed E-state index contributed by atoms with van der Waals surface area (Å²) in [5, 5.41) is 6.33. The van der Waals surface area contributed by atoms with Crippen LogP contribution in [0.3, 0.4) is 0 Å². The van der Waals surface area contributed by atoms with Gasteiger partial charge in [-0.2, -0.15) is 0 Å². The van der Waals surface area contributed by atoms with Crippen LogP contribution in [0.5, 0.6) is 0 Å². The van der Waals surface area contributed by atoms with E-state index in [4.69, 9.17) is 0 Å². The van der Waals surface area contributed by atoms with Crippen LogP contribution in [0.2, 0.25) is 0 Å². The molecule has 0 bridgehead atoms. The third kappa shape index (κ3) is 3.51. The van der Waals surface area contributed by atoms with Gasteiger partial charge in [0.25, 0.3) is 0 Å². The fourth-order valence-electron chi connectivity index (χ4n) is 3.46. The molecule has 1 heterocycles. The maximum atomic E-state index is 12.3. The Hall–Kier alpha value is -1.10. The van der Waals surface area contributed by atoms with Gasteiger partial charge in [0, 0.05) is 20.1 Å². The molecule has 2 N–H and O–H groups in total. The zero-order valence-corrected chi connectivity index (χ0v) is 12.8. The molecule has 2 amide bonds. The molecule has 2 rings (SSSR count). The van der Waals surface area contributed by atoms with Gasteiger partial charge in [-0.25, -0.2) is 0 Å². The van der Waals surface area contributed by atoms with E-state index in [2.05, 4.69) is 10.6 Å². The van der Waals surface area contributed by atoms with Gasteiger partial charge in [0.05, 0.1) is 6.04 Å². The third-order valence-electron chi connectivity index (χ3n) is 4.64. The molecular formula is C15H27N3O2. The van der Waals surface area contributed by atoms with Crippen LogP contribution in [-0.4, -0.2) is 48.9 Å². The predicted molar refractivity (Wildman–Crippen MR) is 78.2 cm³/mol. The van der Waals surface area contributed by atoms with E-state index in [1.54, 1.807) is 21.0 Å². The molecule has 1 aliphatic carbocycles. The number of rotatable bonds is 3. The van der Waals surface area contributed by atoms with Crippen LogP contribution in [0.15, 0.2) is 0 Å². The van der Waals surface area contributed by atoms with Gasteiger partial charge in [0.1, 0.15) is 6.04 Å². The second-order valence-corrected chi connectivity index (χ2v) is 6.41. The van der Waals surface area contributed by atoms with Crippen molar-refractivity contribution < 1.29 is 9.59 Å². The lowest BCUT2D eigenvalue weighted by Crippen LogP contribution is -2.57. The average Bonchev–Trinajstić information content (AvgIpc) is 2.45. The summed E-state index contributed by atoms with van der Waals surface area (Å²) < 4.78 is 0. The first-order valence-electron chi connectivity index (χ1n) is 7.76. The van der Waals surface area contributed by atoms with Crippen LogP contribution >= 0.6 is 0 Å². The third-order valence-corrected chi connectivity index (χ3v) is 4.64. The van der Waals surface area contributed by atoms with Crippen molar-refractivity contribution in [2.45, 2.75) is 63.6 Å². The number of hydrogen-bond donors (Lipinski definition) is 2. The highest BCUT2D eigenvalue weighted by molar-refractivity contribution is 5.89. The monoisotopic (exact) mass is 281 g/mol. The molecule has 5 heteroatoms. The Bertz CT molecular complexity index is 370. The lowest BCUT2D eigenvalue weighted by molar-refractivity contribution is -0.134. The second kappa shape index (κ2) is 6.57. The molecule has 2 fully saturated rings. The molecule has 20 heavy (non-hydrogen) atoms. The van der Waals surface area contributed by atoms with Crippen molar-refractivity contribution in [3.8, 4) is 0 Å². The van der Waals surface area contributed by atoms with Gasteiger partial charge in [-0.1, -0.05) is 12.8 Å². The Morgan fingerprint density at radius 3 is 2.55 bits per heavy atom. The fourth-order valence-corrected chi connectivity index (χ4v) is 3.46. The summed E-state index contributed by atoms with van der Waals surface area (Å²) >= 11 is 0. The van der Waals surface area contributed by atoms with E-state index in [0.29, 0.717) is 6.04 Å². The zero-order chi connectivity index (χ0) is 14.7. The topological polar surface area (TPSA) is 61.4 Å². The van der Waals surface area contributed by atoms with Gasteiger partial charge < -0.3 is 15.5 Å². The number of piperidine rings is 1. The van der Waals surface area contributed by atoms with E-state index >= 15 is 0 Å². The molecule has 4 unspecified atom stereocenters. The van der Waals surface area contributed by atoms with E-state index in [-0.39, 0.29) is 17.9 Å². The second-order valence-electron chi connectivity index (χ2n) is 6.41. The van der Waals surface area contributed by atoms with E-state index in [1.165, 1.54) is 30.6 Å². The highest BCUT2D eigenvalue weighted by atomic mass is 16.2. The lowest BCUT2D eigenvalue weighted by Gasteiger charge is -2.40. The number of hydrogen-bond acceptors (Lipinski definition) is 3. The molecule has 1 saturated carbocycles. The minimum absolute atomic E-state index is 0.0308. The molecule has 1 aliphatic heterocycles. The van der Waals surface area contributed by atoms with Gasteiger partial charge in [0.2, 0.25) is 11.8 Å². The number of likely N-dealkylation sites (N-methyl/N-ethyl adjacent to an activating group) is 1. The molecule has 0 aromatic rings. The minimum Gasteiger partial charge on any atom is -0.347 e. The molecule has 0 spiro atoms. The van der Waals surface area contributed by atoms with Crippen molar-refractivity contribution in [1.29, 1.82) is 0 Å². The van der Waals surface area contributed by atoms with Gasteiger partial charge in [0.15, 0.2) is 0 Å². The molecular weight excluding hydrogens is 254 g/mol. The number of nitrogens with zero attached hydrogens (tertiary/aromatic N) is 1. The van der Waals surface area contributed by atoms with Gasteiger partial charge in [-0.3, -0.25) is 9.59 Å². The molecule has 1 saturated heterocycles. The molecule has 4 atom stereocenters. The fraction of sp³-hybridized carbons (Fsp3) is 0.867. The summed E-state index contributed by atoms with van der Waals surface area (Å²) in [6, 6.07) is -0.0942. The van der Waals surface area contributed by atoms with Crippen LogP contribution in [0, 0.1) is 5.92 Å². The van der Waals surface area contributed by atoms with Crippen LogP contribution in [0.25, 0.3) is 0 Å². The summed E-state index contributed by atoms with van der Waals surface area (Å²) in [7, 11) is 3.41. The molecule has 5 nitrogen and oxygen atoms in total. The summed E-state index contributed by atoms with van der Waals surface area (Å²) in [5.74, 6) is 0.648. The quantitative estimate of drug-likeness (QED) is 0.807. The number of carbonyl (C=O) groups excluding carboxylic acids is 2. The average molecular weight is 281 g/mol. The SMILES string of the molecule is CC(NC(=O)C1CCC2CCCCC2N1)C(=O)N(C)C. The maximum Gasteiger partial charge on any atom is 0.244 e. The van der Waals surface area contributed by atoms with Crippen molar-refractivity contribution in [2.24, 2.45) is 5.92 Å². The first-order chi connectivity index (χ1) is 9.49. The summed E-state index contributed by atoms with van der Waals surface area (Å²) in [5.41, 5.74) is 0. The largest absolute Gasteiger partial charge is 0.347 e. The highest BCUT2D eigenvalue weighted by Crippen LogP contribution is 2.32. The number of nitrogens with one attached hydrogen (secondary N) is 2. The Balaban J connectivity index is 1.85. The summed E-state index contributed by atoms with van der Waals surface area (Å²) in [6.45, 7) is 1.74. The van der Waals surface area contributed by atoms with E-state index < -0.39 is 6.04 Å². The molecule has 0 aromatic carbocycles. The Morgan fingerprint density at radius 2 is 1.85 bits per heavy atom. The number of fused-ring (bicyclic) bond motifs is 1. The standard InChI is InChI=1S/C15H27N3O2/c1-10(15(20)18(2)3)16-14(19)13-9-8-11-6-4-5-7-12(11)17-13/h10-13,17H,4-9H2,1-3H3,(H,16,19). The molecule has 0 aromatic heterocycles. The number of amides is 2. The summed E-state index contributed by atoms with van der Waals surface area (Å²) in [6.07, 6.45) is 7.08. The first kappa shape index (κ1) is 15.3. The smallest absolute Gasteiger partial charge is 0.244 e. The van der Waals surface area contributed by atoms with Crippen molar-refractivity contribution in [3.05, 3.63) is 0 Å². The Morgan fingerprint density at radius 1 is 1.15 bits per heavy atom. The van der Waals surface area contributed by atoms with Crippen LogP contribution < -0.4 is 10.6 Å². The van der Waals surface area contributed by atoms with Gasteiger partial charge in [-0.05, 0) is 38.5 Å². The Labute approximate surface area is 121 Å². The molecule has 114 valence electrons. The van der Waals surface area contributed by atoms with Crippen LogP contribution in [0.1, 0.15) is 45.4 Å². The van der Waals surface area contributed by atoms with Crippen molar-refractivity contribution in [1.82, 2.24) is 15.5 Å². The van der Waals surface area contributed by atoms with Gasteiger partial charge in [-0.15, -0.1) is 0 Å². The van der Waals surface area contributed by atoms with Crippen molar-refractivity contribution in [2.75, 3.05) is 14.1 Å². The normalized spacial score (nSPS) is 31.1. The molecule has 2 aliphatic rings. The number of carbonyl (C=O) groups is 2. The van der Waals surface area contributed by atoms with Crippen molar-refractivity contribution in [3.63, 3.8) is 0 Å². The van der Waals surface area contributed by atoms with Crippen LogP contribution in [-0.2, 0) is 9.59 Å². The summed E-state index contributed by atoms with van der Waals surface area (Å²) in [4.78, 5) is 25.6. The first-order valence-corrected chi connectivity index (χ1v) is 7.76. The Kier molecular flexibility index (Phi) is 5.02. The molecule has 0 radical (unpaired) electrons. The van der Waals surface area contributed by atoms with E-state index in [0.717, 1.165) is 18.8 Å². The van der Waals surface area contributed by atoms with Gasteiger partial charge >= 0.3 is 0 Å². The minimum atomic E-state index is -0.455. The lowest BCUT2D eigenvalue weighted by atomic mass is 9.77. The van der Waals surface area contributed by atoms with E-state index in [1.807, 2.05) is 0 Å².